The average Bonchev–Trinajstić information content (AvgIpc) is 2.46. The van der Waals surface area contributed by atoms with Crippen LogP contribution in [0.3, 0.4) is 0 Å². The maximum atomic E-state index is 12.8. The van der Waals surface area contributed by atoms with Crippen molar-refractivity contribution < 1.29 is 13.9 Å². The summed E-state index contributed by atoms with van der Waals surface area (Å²) >= 11 is 0. The van der Waals surface area contributed by atoms with Crippen LogP contribution in [-0.4, -0.2) is 25.7 Å². The van der Waals surface area contributed by atoms with Crippen LogP contribution in [0.5, 0.6) is 0 Å². The molecule has 19 heavy (non-hydrogen) atoms. The number of aryl methyl sites for hydroxylation is 1. The summed E-state index contributed by atoms with van der Waals surface area (Å²) in [6, 6.07) is 6.94. The molecule has 1 saturated heterocycles. The van der Waals surface area contributed by atoms with E-state index in [9.17, 15) is 9.18 Å². The number of carbonyl (C=O) groups is 1. The molecule has 0 amide bonds. The van der Waals surface area contributed by atoms with Gasteiger partial charge >= 0.3 is 5.97 Å². The number of hydrogen-bond acceptors (Lipinski definition) is 3. The van der Waals surface area contributed by atoms with Gasteiger partial charge in [-0.15, -0.1) is 0 Å². The number of nitrogens with one attached hydrogen (secondary N) is 1. The lowest BCUT2D eigenvalue weighted by molar-refractivity contribution is -0.146. The Bertz CT molecular complexity index is 419. The first-order valence-corrected chi connectivity index (χ1v) is 6.74. The van der Waals surface area contributed by atoms with Crippen molar-refractivity contribution in [3.8, 4) is 0 Å². The number of ether oxygens (including phenoxy) is 1. The van der Waals surface area contributed by atoms with Gasteiger partial charge in [-0.25, -0.2) is 4.39 Å². The van der Waals surface area contributed by atoms with Crippen LogP contribution in [0.2, 0.25) is 0 Å². The molecule has 2 unspecified atom stereocenters. The molecular weight excluding hydrogens is 245 g/mol. The topological polar surface area (TPSA) is 38.3 Å². The van der Waals surface area contributed by atoms with Gasteiger partial charge in [0.05, 0.1) is 13.0 Å². The number of halogens is 1. The van der Waals surface area contributed by atoms with Crippen molar-refractivity contribution >= 4 is 5.97 Å². The maximum absolute atomic E-state index is 12.8. The Labute approximate surface area is 113 Å². The van der Waals surface area contributed by atoms with E-state index in [0.717, 1.165) is 37.8 Å². The summed E-state index contributed by atoms with van der Waals surface area (Å²) in [6.07, 6.45) is 3.53. The summed E-state index contributed by atoms with van der Waals surface area (Å²) in [5.74, 6) is -0.289. The lowest BCUT2D eigenvalue weighted by atomic mass is 9.89. The number of rotatable bonds is 4. The zero-order valence-electron chi connectivity index (χ0n) is 11.2. The zero-order chi connectivity index (χ0) is 13.7. The van der Waals surface area contributed by atoms with Crippen molar-refractivity contribution in [1.29, 1.82) is 0 Å². The van der Waals surface area contributed by atoms with Gasteiger partial charge in [0.15, 0.2) is 0 Å². The molecule has 1 heterocycles. The lowest BCUT2D eigenvalue weighted by Crippen LogP contribution is -2.41. The van der Waals surface area contributed by atoms with E-state index in [4.69, 9.17) is 4.74 Å². The van der Waals surface area contributed by atoms with Crippen LogP contribution < -0.4 is 5.32 Å². The summed E-state index contributed by atoms with van der Waals surface area (Å²) in [7, 11) is 1.44. The van der Waals surface area contributed by atoms with Gasteiger partial charge in [0.2, 0.25) is 0 Å². The van der Waals surface area contributed by atoms with E-state index >= 15 is 0 Å². The molecule has 1 aliphatic heterocycles. The normalized spacial score (nSPS) is 23.1. The van der Waals surface area contributed by atoms with E-state index in [2.05, 4.69) is 5.32 Å². The van der Waals surface area contributed by atoms with Gasteiger partial charge in [0.25, 0.3) is 0 Å². The van der Waals surface area contributed by atoms with Crippen molar-refractivity contribution in [3.63, 3.8) is 0 Å². The monoisotopic (exact) mass is 265 g/mol. The second kappa shape index (κ2) is 6.66. The minimum atomic E-state index is -0.203. The number of carbonyl (C=O) groups excluding carboxylic acids is 1. The van der Waals surface area contributed by atoms with Gasteiger partial charge in [0.1, 0.15) is 5.82 Å². The molecule has 2 atom stereocenters. The molecule has 0 aliphatic carbocycles. The van der Waals surface area contributed by atoms with E-state index in [0.29, 0.717) is 6.04 Å². The molecule has 0 radical (unpaired) electrons. The Kier molecular flexibility index (Phi) is 4.91. The van der Waals surface area contributed by atoms with Crippen molar-refractivity contribution in [3.05, 3.63) is 35.6 Å². The van der Waals surface area contributed by atoms with Gasteiger partial charge in [-0.3, -0.25) is 4.79 Å². The summed E-state index contributed by atoms with van der Waals surface area (Å²) in [5.41, 5.74) is 1.13. The second-order valence-corrected chi connectivity index (χ2v) is 5.06. The highest BCUT2D eigenvalue weighted by Gasteiger charge is 2.27. The molecule has 0 spiro atoms. The number of benzene rings is 1. The molecule has 2 rings (SSSR count). The van der Waals surface area contributed by atoms with Crippen LogP contribution in [0.25, 0.3) is 0 Å². The summed E-state index contributed by atoms with van der Waals surface area (Å²) in [4.78, 5) is 11.5. The van der Waals surface area contributed by atoms with E-state index in [1.165, 1.54) is 19.2 Å². The van der Waals surface area contributed by atoms with Crippen LogP contribution in [-0.2, 0) is 16.0 Å². The fourth-order valence-corrected chi connectivity index (χ4v) is 2.60. The molecule has 4 heteroatoms. The minimum absolute atomic E-state index is 0.0180. The van der Waals surface area contributed by atoms with E-state index in [1.54, 1.807) is 0 Å². The molecule has 0 aromatic heterocycles. The third-order valence-corrected chi connectivity index (χ3v) is 3.72. The Balaban J connectivity index is 1.82. The van der Waals surface area contributed by atoms with Crippen molar-refractivity contribution in [2.45, 2.75) is 31.7 Å². The Morgan fingerprint density at radius 2 is 2.16 bits per heavy atom. The molecular formula is C15H20FNO2. The molecule has 3 nitrogen and oxygen atoms in total. The van der Waals surface area contributed by atoms with Crippen LogP contribution in [0.15, 0.2) is 24.3 Å². The van der Waals surface area contributed by atoms with Crippen molar-refractivity contribution in [1.82, 2.24) is 5.32 Å². The minimum Gasteiger partial charge on any atom is -0.469 e. The summed E-state index contributed by atoms with van der Waals surface area (Å²) in [6.45, 7) is 0.855. The zero-order valence-corrected chi connectivity index (χ0v) is 11.2. The number of hydrogen-bond donors (Lipinski definition) is 1. The highest BCUT2D eigenvalue weighted by molar-refractivity contribution is 5.72. The molecule has 0 bridgehead atoms. The predicted molar refractivity (Wildman–Crippen MR) is 71.3 cm³/mol. The fourth-order valence-electron chi connectivity index (χ4n) is 2.60. The third kappa shape index (κ3) is 4.03. The quantitative estimate of drug-likeness (QED) is 0.849. The first-order valence-electron chi connectivity index (χ1n) is 6.74. The van der Waals surface area contributed by atoms with E-state index < -0.39 is 0 Å². The number of methoxy groups -OCH3 is 1. The van der Waals surface area contributed by atoms with Crippen molar-refractivity contribution in [2.24, 2.45) is 5.92 Å². The first kappa shape index (κ1) is 14.0. The Hall–Kier alpha value is -1.42. The van der Waals surface area contributed by atoms with Crippen LogP contribution in [0.4, 0.5) is 4.39 Å². The van der Waals surface area contributed by atoms with Gasteiger partial charge < -0.3 is 10.1 Å². The van der Waals surface area contributed by atoms with Crippen LogP contribution in [0, 0.1) is 11.7 Å². The molecule has 1 N–H and O–H groups in total. The Morgan fingerprint density at radius 3 is 2.84 bits per heavy atom. The Morgan fingerprint density at radius 1 is 1.42 bits per heavy atom. The highest BCUT2D eigenvalue weighted by atomic mass is 19.1. The smallest absolute Gasteiger partial charge is 0.308 e. The second-order valence-electron chi connectivity index (χ2n) is 5.06. The SMILES string of the molecule is COC(=O)C1CCNC(CCc2ccc(F)cc2)C1. The largest absolute Gasteiger partial charge is 0.469 e. The molecule has 1 aromatic rings. The molecule has 1 aliphatic rings. The third-order valence-electron chi connectivity index (χ3n) is 3.72. The van der Waals surface area contributed by atoms with Gasteiger partial charge in [-0.1, -0.05) is 12.1 Å². The summed E-state index contributed by atoms with van der Waals surface area (Å²) in [5, 5.41) is 3.43. The van der Waals surface area contributed by atoms with Gasteiger partial charge in [-0.05, 0) is 49.9 Å². The van der Waals surface area contributed by atoms with Crippen LogP contribution in [0.1, 0.15) is 24.8 Å². The lowest BCUT2D eigenvalue weighted by Gasteiger charge is -2.28. The van der Waals surface area contributed by atoms with Crippen molar-refractivity contribution in [2.75, 3.05) is 13.7 Å². The predicted octanol–water partition coefficient (Wildman–Crippen LogP) is 2.30. The molecule has 104 valence electrons. The van der Waals surface area contributed by atoms with E-state index in [-0.39, 0.29) is 17.7 Å². The average molecular weight is 265 g/mol. The molecule has 1 aromatic carbocycles. The summed E-state index contributed by atoms with van der Waals surface area (Å²) < 4.78 is 17.6. The molecule has 1 fully saturated rings. The van der Waals surface area contributed by atoms with Gasteiger partial charge in [-0.2, -0.15) is 0 Å². The highest BCUT2D eigenvalue weighted by Crippen LogP contribution is 2.20. The van der Waals surface area contributed by atoms with Crippen LogP contribution >= 0.6 is 0 Å². The standard InChI is InChI=1S/C15H20FNO2/c1-19-15(18)12-8-9-17-14(10-12)7-4-11-2-5-13(16)6-3-11/h2-3,5-6,12,14,17H,4,7-10H2,1H3. The van der Waals surface area contributed by atoms with E-state index in [1.807, 2.05) is 12.1 Å². The first-order chi connectivity index (χ1) is 9.19. The molecule has 0 saturated carbocycles. The van der Waals surface area contributed by atoms with Gasteiger partial charge in [0, 0.05) is 6.04 Å². The number of piperidine rings is 1. The fraction of sp³-hybridized carbons (Fsp3) is 0.533. The number of esters is 1. The maximum Gasteiger partial charge on any atom is 0.308 e.